The summed E-state index contributed by atoms with van der Waals surface area (Å²) in [5.41, 5.74) is 0.935. The summed E-state index contributed by atoms with van der Waals surface area (Å²) in [7, 11) is 0. The zero-order chi connectivity index (χ0) is 18.0. The maximum atomic E-state index is 12.8. The Morgan fingerprint density at radius 3 is 2.76 bits per heavy atom. The minimum absolute atomic E-state index is 0.0524. The summed E-state index contributed by atoms with van der Waals surface area (Å²) in [6, 6.07) is 5.97. The highest BCUT2D eigenvalue weighted by molar-refractivity contribution is 7.99. The van der Waals surface area contributed by atoms with Crippen molar-refractivity contribution >= 4 is 33.3 Å². The van der Waals surface area contributed by atoms with Gasteiger partial charge in [0.15, 0.2) is 0 Å². The number of thioether (sulfide) groups is 1. The van der Waals surface area contributed by atoms with Crippen LogP contribution in [0.5, 0.6) is 5.75 Å². The van der Waals surface area contributed by atoms with E-state index in [0.29, 0.717) is 23.6 Å². The van der Waals surface area contributed by atoms with Gasteiger partial charge in [0.25, 0.3) is 5.56 Å². The minimum Gasteiger partial charge on any atom is -0.493 e. The number of aromatic amines is 1. The van der Waals surface area contributed by atoms with Crippen LogP contribution in [0.25, 0.3) is 10.2 Å². The summed E-state index contributed by atoms with van der Waals surface area (Å²) < 4.78 is 18.4. The van der Waals surface area contributed by atoms with Crippen LogP contribution in [0.15, 0.2) is 29.1 Å². The number of hydrogen-bond donors (Lipinski definition) is 1. The lowest BCUT2D eigenvalue weighted by molar-refractivity contribution is 0.343. The summed E-state index contributed by atoms with van der Waals surface area (Å²) >= 11 is 3.21. The first-order valence-corrected chi connectivity index (χ1v) is 9.82. The topological polar surface area (TPSA) is 55.0 Å². The molecule has 0 saturated heterocycles. The zero-order valence-electron chi connectivity index (χ0n) is 14.3. The van der Waals surface area contributed by atoms with Crippen molar-refractivity contribution < 1.29 is 9.13 Å². The quantitative estimate of drug-likeness (QED) is 0.636. The number of nitrogens with zero attached hydrogens (tertiary/aromatic N) is 1. The molecule has 2 aromatic heterocycles. The van der Waals surface area contributed by atoms with Gasteiger partial charge in [0.05, 0.1) is 17.2 Å². The van der Waals surface area contributed by atoms with Crippen molar-refractivity contribution in [3.05, 3.63) is 56.7 Å². The number of aromatic nitrogens is 2. The summed E-state index contributed by atoms with van der Waals surface area (Å²) in [5, 5.41) is 0.750. The highest BCUT2D eigenvalue weighted by Gasteiger charge is 2.15. The molecule has 0 amide bonds. The number of fused-ring (bicyclic) bond motifs is 1. The highest BCUT2D eigenvalue weighted by Crippen LogP contribution is 2.29. The SMILES string of the molecule is Cc1sc2nc(C(C)SCCOc3ccc(F)cc3)[nH]c(=O)c2c1C. The van der Waals surface area contributed by atoms with Crippen molar-refractivity contribution in [2.45, 2.75) is 26.0 Å². The van der Waals surface area contributed by atoms with Crippen LogP contribution in [0.4, 0.5) is 4.39 Å². The normalized spacial score (nSPS) is 12.5. The molecule has 0 fully saturated rings. The third-order valence-corrected chi connectivity index (χ3v) is 6.20. The van der Waals surface area contributed by atoms with Gasteiger partial charge in [-0.3, -0.25) is 4.79 Å². The van der Waals surface area contributed by atoms with E-state index >= 15 is 0 Å². The van der Waals surface area contributed by atoms with Crippen LogP contribution in [-0.2, 0) is 0 Å². The van der Waals surface area contributed by atoms with E-state index in [1.807, 2.05) is 20.8 Å². The van der Waals surface area contributed by atoms with Crippen molar-refractivity contribution in [1.82, 2.24) is 9.97 Å². The smallest absolute Gasteiger partial charge is 0.259 e. The number of halogens is 1. The zero-order valence-corrected chi connectivity index (χ0v) is 15.9. The van der Waals surface area contributed by atoms with Gasteiger partial charge < -0.3 is 9.72 Å². The number of H-pyrrole nitrogens is 1. The molecule has 2 heterocycles. The predicted molar refractivity (Wildman–Crippen MR) is 102 cm³/mol. The van der Waals surface area contributed by atoms with Gasteiger partial charge in [-0.05, 0) is 50.6 Å². The van der Waals surface area contributed by atoms with Crippen LogP contribution in [0.3, 0.4) is 0 Å². The Kier molecular flexibility index (Phi) is 5.44. The third kappa shape index (κ3) is 4.04. The Morgan fingerprint density at radius 2 is 2.04 bits per heavy atom. The Hall–Kier alpha value is -1.86. The molecular weight excluding hydrogens is 359 g/mol. The largest absolute Gasteiger partial charge is 0.493 e. The molecule has 25 heavy (non-hydrogen) atoms. The first-order chi connectivity index (χ1) is 12.0. The Bertz CT molecular complexity index is 935. The van der Waals surface area contributed by atoms with Crippen molar-refractivity contribution in [3.8, 4) is 5.75 Å². The number of aryl methyl sites for hydroxylation is 2. The fourth-order valence-corrected chi connectivity index (χ4v) is 4.30. The van der Waals surface area contributed by atoms with Crippen LogP contribution < -0.4 is 10.3 Å². The molecule has 1 atom stereocenters. The van der Waals surface area contributed by atoms with Gasteiger partial charge in [-0.2, -0.15) is 0 Å². The molecule has 132 valence electrons. The average molecular weight is 378 g/mol. The number of hydrogen-bond acceptors (Lipinski definition) is 5. The predicted octanol–water partition coefficient (Wildman–Crippen LogP) is 4.61. The van der Waals surface area contributed by atoms with E-state index in [1.54, 1.807) is 35.2 Å². The molecule has 1 unspecified atom stereocenters. The Labute approximate surface area is 153 Å². The van der Waals surface area contributed by atoms with Crippen molar-refractivity contribution in [2.75, 3.05) is 12.4 Å². The molecule has 0 aliphatic carbocycles. The molecule has 0 radical (unpaired) electrons. The second-order valence-corrected chi connectivity index (χ2v) is 8.38. The first-order valence-electron chi connectivity index (χ1n) is 7.95. The van der Waals surface area contributed by atoms with E-state index < -0.39 is 0 Å². The van der Waals surface area contributed by atoms with Gasteiger partial charge in [0.2, 0.25) is 0 Å². The summed E-state index contributed by atoms with van der Waals surface area (Å²) in [5.74, 6) is 1.79. The van der Waals surface area contributed by atoms with E-state index in [1.165, 1.54) is 12.1 Å². The van der Waals surface area contributed by atoms with E-state index in [2.05, 4.69) is 9.97 Å². The molecule has 4 nitrogen and oxygen atoms in total. The number of rotatable bonds is 6. The van der Waals surface area contributed by atoms with Crippen LogP contribution >= 0.6 is 23.1 Å². The third-order valence-electron chi connectivity index (χ3n) is 3.98. The fraction of sp³-hybridized carbons (Fsp3) is 0.333. The standard InChI is InChI=1S/C18H19FN2O2S2/c1-10-11(2)25-18-15(10)17(22)20-16(21-18)12(3)24-9-8-23-14-6-4-13(19)5-7-14/h4-7,12H,8-9H2,1-3H3,(H,20,21,22). The van der Waals surface area contributed by atoms with Crippen LogP contribution in [-0.4, -0.2) is 22.3 Å². The van der Waals surface area contributed by atoms with Gasteiger partial charge in [0, 0.05) is 10.6 Å². The van der Waals surface area contributed by atoms with Crippen LogP contribution in [0, 0.1) is 19.7 Å². The second kappa shape index (κ2) is 7.58. The van der Waals surface area contributed by atoms with Gasteiger partial charge in [-0.1, -0.05) is 0 Å². The minimum atomic E-state index is -0.278. The van der Waals surface area contributed by atoms with Gasteiger partial charge in [-0.15, -0.1) is 23.1 Å². The van der Waals surface area contributed by atoms with Crippen LogP contribution in [0.1, 0.15) is 28.4 Å². The molecule has 0 aliphatic rings. The van der Waals surface area contributed by atoms with Gasteiger partial charge in [-0.25, -0.2) is 9.37 Å². The first kappa shape index (κ1) is 17.9. The number of thiophene rings is 1. The number of nitrogens with one attached hydrogen (secondary N) is 1. The van der Waals surface area contributed by atoms with E-state index in [4.69, 9.17) is 4.74 Å². The Balaban J connectivity index is 1.61. The van der Waals surface area contributed by atoms with E-state index in [9.17, 15) is 9.18 Å². The molecule has 0 saturated carbocycles. The molecular formula is C18H19FN2O2S2. The second-order valence-electron chi connectivity index (χ2n) is 5.73. The molecule has 0 aliphatic heterocycles. The number of ether oxygens (including phenoxy) is 1. The molecule has 0 spiro atoms. The van der Waals surface area contributed by atoms with Crippen molar-refractivity contribution in [1.29, 1.82) is 0 Å². The lowest BCUT2D eigenvalue weighted by atomic mass is 10.2. The monoisotopic (exact) mass is 378 g/mol. The highest BCUT2D eigenvalue weighted by atomic mass is 32.2. The average Bonchev–Trinajstić information content (AvgIpc) is 2.87. The van der Waals surface area contributed by atoms with Crippen LogP contribution in [0.2, 0.25) is 0 Å². The van der Waals surface area contributed by atoms with E-state index in [0.717, 1.165) is 21.0 Å². The Morgan fingerprint density at radius 1 is 1.32 bits per heavy atom. The fourth-order valence-electron chi connectivity index (χ4n) is 2.46. The van der Waals surface area contributed by atoms with Crippen molar-refractivity contribution in [2.24, 2.45) is 0 Å². The lowest BCUT2D eigenvalue weighted by Gasteiger charge is -2.11. The molecule has 1 N–H and O–H groups in total. The maximum Gasteiger partial charge on any atom is 0.259 e. The van der Waals surface area contributed by atoms with Gasteiger partial charge >= 0.3 is 0 Å². The molecule has 3 rings (SSSR count). The maximum absolute atomic E-state index is 12.8. The lowest BCUT2D eigenvalue weighted by Crippen LogP contribution is -2.13. The van der Waals surface area contributed by atoms with Crippen molar-refractivity contribution in [3.63, 3.8) is 0 Å². The van der Waals surface area contributed by atoms with E-state index in [-0.39, 0.29) is 16.6 Å². The molecule has 7 heteroatoms. The molecule has 1 aromatic carbocycles. The number of benzene rings is 1. The summed E-state index contributed by atoms with van der Waals surface area (Å²) in [4.78, 5) is 21.8. The molecule has 0 bridgehead atoms. The summed E-state index contributed by atoms with van der Waals surface area (Å²) in [6.07, 6.45) is 0. The molecule has 3 aromatic rings. The summed E-state index contributed by atoms with van der Waals surface area (Å²) in [6.45, 7) is 6.48. The van der Waals surface area contributed by atoms with Gasteiger partial charge in [0.1, 0.15) is 22.2 Å².